The van der Waals surface area contributed by atoms with E-state index in [4.69, 9.17) is 4.52 Å². The van der Waals surface area contributed by atoms with E-state index in [0.717, 1.165) is 16.5 Å². The lowest BCUT2D eigenvalue weighted by molar-refractivity contribution is 0.0991. The number of aryl methyl sites for hydroxylation is 1. The van der Waals surface area contributed by atoms with Crippen molar-refractivity contribution in [3.63, 3.8) is 0 Å². The van der Waals surface area contributed by atoms with Crippen LogP contribution in [-0.4, -0.2) is 23.5 Å². The Bertz CT molecular complexity index is 990. The van der Waals surface area contributed by atoms with Crippen LogP contribution in [0.2, 0.25) is 0 Å². The van der Waals surface area contributed by atoms with Gasteiger partial charge >= 0.3 is 0 Å². The van der Waals surface area contributed by atoms with Crippen molar-refractivity contribution in [2.45, 2.75) is 13.8 Å². The highest BCUT2D eigenvalue weighted by Crippen LogP contribution is 2.40. The van der Waals surface area contributed by atoms with E-state index in [-0.39, 0.29) is 17.5 Å². The van der Waals surface area contributed by atoms with Crippen LogP contribution in [-0.2, 0) is 0 Å². The highest BCUT2D eigenvalue weighted by molar-refractivity contribution is 6.27. The molecule has 3 aromatic rings. The van der Waals surface area contributed by atoms with Crippen LogP contribution < -0.4 is 10.2 Å². The molecule has 0 aliphatic carbocycles. The second-order valence-corrected chi connectivity index (χ2v) is 5.69. The molecule has 0 fully saturated rings. The zero-order chi connectivity index (χ0) is 16.8. The fourth-order valence-electron chi connectivity index (χ4n) is 3.13. The molecule has 24 heavy (non-hydrogen) atoms. The van der Waals surface area contributed by atoms with Crippen LogP contribution in [0, 0.1) is 6.92 Å². The molecule has 1 aliphatic heterocycles. The number of carbonyl (C=O) groups excluding carboxylic acids is 2. The third-order valence-corrected chi connectivity index (χ3v) is 4.21. The topological polar surface area (TPSA) is 75.4 Å². The maximum Gasteiger partial charge on any atom is 0.277 e. The highest BCUT2D eigenvalue weighted by atomic mass is 16.5. The van der Waals surface area contributed by atoms with Crippen molar-refractivity contribution in [2.75, 3.05) is 16.8 Å². The molecule has 0 saturated carbocycles. The smallest absolute Gasteiger partial charge is 0.277 e. The van der Waals surface area contributed by atoms with Gasteiger partial charge in [0.2, 0.25) is 0 Å². The highest BCUT2D eigenvalue weighted by Gasteiger charge is 2.29. The van der Waals surface area contributed by atoms with Gasteiger partial charge in [-0.3, -0.25) is 9.59 Å². The Morgan fingerprint density at radius 3 is 2.83 bits per heavy atom. The zero-order valence-electron chi connectivity index (χ0n) is 13.3. The molecule has 2 heterocycles. The lowest BCUT2D eigenvalue weighted by Crippen LogP contribution is -2.25. The summed E-state index contributed by atoms with van der Waals surface area (Å²) < 4.78 is 4.94. The Morgan fingerprint density at radius 2 is 2.12 bits per heavy atom. The van der Waals surface area contributed by atoms with Crippen LogP contribution in [0.3, 0.4) is 0 Å². The molecule has 120 valence electrons. The lowest BCUT2D eigenvalue weighted by atomic mass is 10.0. The number of anilines is 2. The summed E-state index contributed by atoms with van der Waals surface area (Å²) in [4.78, 5) is 26.6. The molecule has 0 spiro atoms. The quantitative estimate of drug-likeness (QED) is 0.802. The van der Waals surface area contributed by atoms with E-state index in [2.05, 4.69) is 10.5 Å². The van der Waals surface area contributed by atoms with Gasteiger partial charge in [-0.1, -0.05) is 17.3 Å². The number of amides is 2. The third kappa shape index (κ3) is 2.00. The monoisotopic (exact) mass is 321 g/mol. The van der Waals surface area contributed by atoms with Gasteiger partial charge < -0.3 is 14.7 Å². The van der Waals surface area contributed by atoms with Crippen molar-refractivity contribution < 1.29 is 14.1 Å². The second kappa shape index (κ2) is 5.19. The molecular formula is C18H15N3O3. The van der Waals surface area contributed by atoms with E-state index in [1.807, 2.05) is 37.3 Å². The Kier molecular flexibility index (Phi) is 3.13. The minimum atomic E-state index is -0.343. The van der Waals surface area contributed by atoms with Gasteiger partial charge in [0.25, 0.3) is 11.8 Å². The summed E-state index contributed by atoms with van der Waals surface area (Å²) in [7, 11) is 0. The first-order valence-electron chi connectivity index (χ1n) is 7.72. The van der Waals surface area contributed by atoms with E-state index in [1.54, 1.807) is 17.9 Å². The molecule has 2 amide bonds. The molecule has 1 aromatic heterocycles. The minimum absolute atomic E-state index is 0.00583. The summed E-state index contributed by atoms with van der Waals surface area (Å²) in [5.41, 5.74) is 2.41. The van der Waals surface area contributed by atoms with Crippen molar-refractivity contribution in [1.82, 2.24) is 5.16 Å². The van der Waals surface area contributed by atoms with Gasteiger partial charge in [-0.15, -0.1) is 0 Å². The fraction of sp³-hybridized carbons (Fsp3) is 0.167. The van der Waals surface area contributed by atoms with Crippen molar-refractivity contribution in [3.8, 4) is 0 Å². The molecule has 1 aliphatic rings. The number of nitrogens with one attached hydrogen (secondary N) is 1. The summed E-state index contributed by atoms with van der Waals surface area (Å²) >= 11 is 0. The summed E-state index contributed by atoms with van der Waals surface area (Å²) in [6.07, 6.45) is 0. The molecule has 0 atom stereocenters. The fourth-order valence-corrected chi connectivity index (χ4v) is 3.13. The van der Waals surface area contributed by atoms with Crippen molar-refractivity contribution in [2.24, 2.45) is 0 Å². The summed E-state index contributed by atoms with van der Waals surface area (Å²) in [6.45, 7) is 4.28. The largest absolute Gasteiger partial charge is 0.361 e. The maximum absolute atomic E-state index is 12.5. The van der Waals surface area contributed by atoms with Crippen molar-refractivity contribution >= 4 is 34.0 Å². The second-order valence-electron chi connectivity index (χ2n) is 5.69. The normalized spacial score (nSPS) is 12.9. The number of benzene rings is 2. The van der Waals surface area contributed by atoms with Crippen LogP contribution in [0.1, 0.15) is 33.5 Å². The average molecular weight is 321 g/mol. The maximum atomic E-state index is 12.5. The molecule has 2 aromatic carbocycles. The molecule has 0 unspecified atom stereocenters. The first-order valence-corrected chi connectivity index (χ1v) is 7.72. The number of hydrogen-bond donors (Lipinski definition) is 1. The van der Waals surface area contributed by atoms with Crippen molar-refractivity contribution in [3.05, 3.63) is 53.4 Å². The number of nitrogens with zero attached hydrogens (tertiary/aromatic N) is 2. The van der Waals surface area contributed by atoms with E-state index in [0.29, 0.717) is 23.6 Å². The summed E-state index contributed by atoms with van der Waals surface area (Å²) in [5.74, 6) is 0.225. The summed E-state index contributed by atoms with van der Waals surface area (Å²) in [6, 6.07) is 10.8. The predicted octanol–water partition coefficient (Wildman–Crippen LogP) is 3.37. The Morgan fingerprint density at radius 1 is 1.29 bits per heavy atom. The molecule has 1 N–H and O–H groups in total. The Hall–Kier alpha value is -3.15. The first kappa shape index (κ1) is 14.4. The van der Waals surface area contributed by atoms with Crippen LogP contribution in [0.5, 0.6) is 0 Å². The van der Waals surface area contributed by atoms with Gasteiger partial charge in [-0.2, -0.15) is 0 Å². The van der Waals surface area contributed by atoms with Crippen LogP contribution in [0.15, 0.2) is 40.9 Å². The first-order chi connectivity index (χ1) is 11.6. The predicted molar refractivity (Wildman–Crippen MR) is 90.5 cm³/mol. The third-order valence-electron chi connectivity index (χ3n) is 4.21. The molecular weight excluding hydrogens is 306 g/mol. The Labute approximate surface area is 138 Å². The van der Waals surface area contributed by atoms with Gasteiger partial charge in [-0.05, 0) is 32.0 Å². The molecule has 6 nitrogen and oxygen atoms in total. The number of aromatic nitrogens is 1. The zero-order valence-corrected chi connectivity index (χ0v) is 13.3. The van der Waals surface area contributed by atoms with Gasteiger partial charge in [0.05, 0.1) is 5.69 Å². The van der Waals surface area contributed by atoms with E-state index in [9.17, 15) is 9.59 Å². The van der Waals surface area contributed by atoms with Gasteiger partial charge in [0, 0.05) is 34.6 Å². The SMILES string of the molecule is CCN1C(=O)c2cccc3c(NC(=O)c4cc(C)on4)ccc1c23. The van der Waals surface area contributed by atoms with Gasteiger partial charge in [0.1, 0.15) is 5.76 Å². The molecule has 0 saturated heterocycles. The van der Waals surface area contributed by atoms with Crippen LogP contribution in [0.25, 0.3) is 10.8 Å². The standard InChI is InChI=1S/C18H15N3O3/c1-3-21-15-8-7-13(19-17(22)14-9-10(2)24-20-14)11-5-4-6-12(16(11)15)18(21)23/h4-9H,3H2,1-2H3,(H,19,22). The van der Waals surface area contributed by atoms with E-state index in [1.165, 1.54) is 0 Å². The number of carbonyl (C=O) groups is 2. The van der Waals surface area contributed by atoms with Crippen LogP contribution in [0.4, 0.5) is 11.4 Å². The lowest BCUT2D eigenvalue weighted by Gasteiger charge is -2.15. The Balaban J connectivity index is 1.80. The summed E-state index contributed by atoms with van der Waals surface area (Å²) in [5, 5.41) is 8.29. The number of hydrogen-bond acceptors (Lipinski definition) is 4. The van der Waals surface area contributed by atoms with Crippen molar-refractivity contribution in [1.29, 1.82) is 0 Å². The molecule has 0 bridgehead atoms. The number of rotatable bonds is 3. The van der Waals surface area contributed by atoms with Crippen LogP contribution >= 0.6 is 0 Å². The molecule has 0 radical (unpaired) electrons. The van der Waals surface area contributed by atoms with Gasteiger partial charge in [0.15, 0.2) is 5.69 Å². The molecule has 4 rings (SSSR count). The van der Waals surface area contributed by atoms with Gasteiger partial charge in [-0.25, -0.2) is 0 Å². The average Bonchev–Trinajstić information content (AvgIpc) is 3.13. The van der Waals surface area contributed by atoms with E-state index < -0.39 is 0 Å². The molecule has 6 heteroatoms. The minimum Gasteiger partial charge on any atom is -0.361 e. The van der Waals surface area contributed by atoms with E-state index >= 15 is 0 Å².